The summed E-state index contributed by atoms with van der Waals surface area (Å²) < 4.78 is 6.26. The lowest BCUT2D eigenvalue weighted by Crippen LogP contribution is -2.32. The Bertz CT molecular complexity index is 1490. The lowest BCUT2D eigenvalue weighted by atomic mass is 10.0. The quantitative estimate of drug-likeness (QED) is 0.264. The zero-order chi connectivity index (χ0) is 26.6. The van der Waals surface area contributed by atoms with Crippen LogP contribution >= 0.6 is 12.2 Å². The lowest BCUT2D eigenvalue weighted by molar-refractivity contribution is -0.116. The van der Waals surface area contributed by atoms with E-state index in [0.717, 1.165) is 16.9 Å². The van der Waals surface area contributed by atoms with Crippen molar-refractivity contribution >= 4 is 34.9 Å². The molecule has 2 aromatic heterocycles. The van der Waals surface area contributed by atoms with Gasteiger partial charge in [0, 0.05) is 30.4 Å². The maximum absolute atomic E-state index is 12.8. The summed E-state index contributed by atoms with van der Waals surface area (Å²) in [6.45, 7) is 2.32. The Balaban J connectivity index is 1.43. The normalized spacial score (nSPS) is 16.8. The van der Waals surface area contributed by atoms with Crippen molar-refractivity contribution in [2.75, 3.05) is 11.9 Å². The highest BCUT2D eigenvalue weighted by molar-refractivity contribution is 7.80. The topological polar surface area (TPSA) is 108 Å². The molecule has 8 nitrogen and oxygen atoms in total. The number of nitrogens with zero attached hydrogens (tertiary/aromatic N) is 2. The van der Waals surface area contributed by atoms with Crippen molar-refractivity contribution in [3.05, 3.63) is 108 Å². The molecule has 3 heterocycles. The molecule has 9 heteroatoms. The number of thiocarbonyl (C=S) groups is 1. The van der Waals surface area contributed by atoms with Gasteiger partial charge in [-0.1, -0.05) is 36.4 Å². The van der Waals surface area contributed by atoms with Gasteiger partial charge in [0.15, 0.2) is 5.11 Å². The summed E-state index contributed by atoms with van der Waals surface area (Å²) in [7, 11) is 0. The first-order valence-electron chi connectivity index (χ1n) is 12.2. The summed E-state index contributed by atoms with van der Waals surface area (Å²) >= 11 is 5.68. The van der Waals surface area contributed by atoms with Gasteiger partial charge in [0.05, 0.1) is 17.3 Å². The molecule has 5 rings (SSSR count). The van der Waals surface area contributed by atoms with Crippen LogP contribution in [0.5, 0.6) is 0 Å². The Labute approximate surface area is 225 Å². The van der Waals surface area contributed by atoms with Crippen molar-refractivity contribution in [2.45, 2.75) is 25.4 Å². The van der Waals surface area contributed by atoms with E-state index >= 15 is 0 Å². The van der Waals surface area contributed by atoms with Gasteiger partial charge in [-0.2, -0.15) is 0 Å². The standard InChI is InChI=1S/C29H26N4O4S/c1-18-7-6-8-19(17-18)31-25(34)14-16-33-27(26(32-29(33)38)22-11-4-5-15-30-22)24-13-12-23(37-24)20-9-2-3-10-21(20)28(35)36/h2-13,15,17,26-27H,14,16H2,1H3,(H,31,34)(H,32,38)(H,35,36)/t26-,27+/m1/s1. The molecular formula is C29H26N4O4S. The van der Waals surface area contributed by atoms with Crippen LogP contribution in [0.3, 0.4) is 0 Å². The largest absolute Gasteiger partial charge is 0.478 e. The number of aromatic carboxylic acids is 1. The van der Waals surface area contributed by atoms with Gasteiger partial charge in [-0.05, 0) is 67.2 Å². The fraction of sp³-hybridized carbons (Fsp3) is 0.172. The average Bonchev–Trinajstić information content (AvgIpc) is 3.52. The Morgan fingerprint density at radius 1 is 1.08 bits per heavy atom. The number of carbonyl (C=O) groups is 2. The molecule has 1 aliphatic rings. The minimum atomic E-state index is -1.03. The number of aryl methyl sites for hydroxylation is 1. The van der Waals surface area contributed by atoms with Gasteiger partial charge >= 0.3 is 5.97 Å². The molecule has 1 amide bonds. The minimum Gasteiger partial charge on any atom is -0.478 e. The number of carbonyl (C=O) groups excluding carboxylic acids is 1. The second kappa shape index (κ2) is 10.9. The zero-order valence-electron chi connectivity index (χ0n) is 20.6. The van der Waals surface area contributed by atoms with E-state index in [-0.39, 0.29) is 23.9 Å². The van der Waals surface area contributed by atoms with Crippen molar-refractivity contribution in [2.24, 2.45) is 0 Å². The monoisotopic (exact) mass is 526 g/mol. The minimum absolute atomic E-state index is 0.131. The average molecular weight is 527 g/mol. The Morgan fingerprint density at radius 3 is 2.66 bits per heavy atom. The van der Waals surface area contributed by atoms with E-state index in [1.807, 2.05) is 60.4 Å². The van der Waals surface area contributed by atoms with Crippen LogP contribution in [0.15, 0.2) is 89.5 Å². The fourth-order valence-corrected chi connectivity index (χ4v) is 5.00. The lowest BCUT2D eigenvalue weighted by Gasteiger charge is -2.25. The summed E-state index contributed by atoms with van der Waals surface area (Å²) in [5, 5.41) is 16.4. The molecule has 3 N–H and O–H groups in total. The van der Waals surface area contributed by atoms with E-state index < -0.39 is 12.0 Å². The van der Waals surface area contributed by atoms with Crippen LogP contribution in [-0.4, -0.2) is 38.5 Å². The molecule has 1 fully saturated rings. The van der Waals surface area contributed by atoms with Gasteiger partial charge < -0.3 is 25.1 Å². The first-order chi connectivity index (χ1) is 18.4. The van der Waals surface area contributed by atoms with Crippen molar-refractivity contribution in [3.8, 4) is 11.3 Å². The van der Waals surface area contributed by atoms with Gasteiger partial charge in [0.25, 0.3) is 0 Å². The second-order valence-electron chi connectivity index (χ2n) is 9.04. The van der Waals surface area contributed by atoms with E-state index in [9.17, 15) is 14.7 Å². The third kappa shape index (κ3) is 5.28. The smallest absolute Gasteiger partial charge is 0.336 e. The van der Waals surface area contributed by atoms with Crippen LogP contribution in [0.2, 0.25) is 0 Å². The van der Waals surface area contributed by atoms with E-state index in [2.05, 4.69) is 15.6 Å². The number of benzene rings is 2. The fourth-order valence-electron chi connectivity index (χ4n) is 4.66. The van der Waals surface area contributed by atoms with Gasteiger partial charge in [0.2, 0.25) is 5.91 Å². The maximum atomic E-state index is 12.8. The predicted octanol–water partition coefficient (Wildman–Crippen LogP) is 5.35. The first-order valence-corrected chi connectivity index (χ1v) is 12.6. The number of aromatic nitrogens is 1. The van der Waals surface area contributed by atoms with Gasteiger partial charge in [-0.3, -0.25) is 9.78 Å². The number of rotatable bonds is 8. The number of hydrogen-bond donors (Lipinski definition) is 3. The molecule has 1 aliphatic heterocycles. The van der Waals surface area contributed by atoms with Crippen molar-refractivity contribution in [3.63, 3.8) is 0 Å². The van der Waals surface area contributed by atoms with Crippen LogP contribution in [0.1, 0.15) is 45.9 Å². The molecule has 4 aromatic rings. The molecule has 192 valence electrons. The third-order valence-corrected chi connectivity index (χ3v) is 6.77. The van der Waals surface area contributed by atoms with Crippen molar-refractivity contribution in [1.82, 2.24) is 15.2 Å². The summed E-state index contributed by atoms with van der Waals surface area (Å²) in [4.78, 5) is 31.0. The molecule has 0 bridgehead atoms. The van der Waals surface area contributed by atoms with Gasteiger partial charge in [0.1, 0.15) is 17.6 Å². The number of anilines is 1. The first kappa shape index (κ1) is 25.2. The number of amides is 1. The highest BCUT2D eigenvalue weighted by atomic mass is 32.1. The van der Waals surface area contributed by atoms with Crippen molar-refractivity contribution in [1.29, 1.82) is 0 Å². The van der Waals surface area contributed by atoms with E-state index in [1.54, 1.807) is 36.5 Å². The number of pyridine rings is 1. The number of hydrogen-bond acceptors (Lipinski definition) is 5. The van der Waals surface area contributed by atoms with Gasteiger partial charge in [-0.15, -0.1) is 0 Å². The van der Waals surface area contributed by atoms with E-state index in [4.69, 9.17) is 16.6 Å². The molecule has 0 radical (unpaired) electrons. The molecule has 2 atom stereocenters. The maximum Gasteiger partial charge on any atom is 0.336 e. The molecule has 1 saturated heterocycles. The highest BCUT2D eigenvalue weighted by Gasteiger charge is 2.41. The van der Waals surface area contributed by atoms with Crippen molar-refractivity contribution < 1.29 is 19.1 Å². The molecule has 0 unspecified atom stereocenters. The van der Waals surface area contributed by atoms with Crippen LogP contribution in [0.4, 0.5) is 5.69 Å². The predicted molar refractivity (Wildman–Crippen MR) is 148 cm³/mol. The second-order valence-corrected chi connectivity index (χ2v) is 9.43. The third-order valence-electron chi connectivity index (χ3n) is 6.42. The van der Waals surface area contributed by atoms with Crippen LogP contribution in [0.25, 0.3) is 11.3 Å². The van der Waals surface area contributed by atoms with Gasteiger partial charge in [-0.25, -0.2) is 4.79 Å². The number of nitrogens with one attached hydrogen (secondary N) is 2. The number of furan rings is 1. The summed E-state index contributed by atoms with van der Waals surface area (Å²) in [6, 6.07) is 22.9. The molecule has 2 aromatic carbocycles. The Morgan fingerprint density at radius 2 is 1.89 bits per heavy atom. The number of carboxylic acids is 1. The van der Waals surface area contributed by atoms with Crippen LogP contribution in [0, 0.1) is 6.92 Å². The van der Waals surface area contributed by atoms with Crippen LogP contribution in [-0.2, 0) is 4.79 Å². The highest BCUT2D eigenvalue weighted by Crippen LogP contribution is 2.40. The molecule has 0 spiro atoms. The molecule has 0 aliphatic carbocycles. The SMILES string of the molecule is Cc1cccc(NC(=O)CCN2C(=S)N[C@H](c3ccccn3)[C@@H]2c2ccc(-c3ccccc3C(=O)O)o2)c1. The zero-order valence-corrected chi connectivity index (χ0v) is 21.4. The Hall–Kier alpha value is -4.50. The summed E-state index contributed by atoms with van der Waals surface area (Å²) in [6.07, 6.45) is 1.92. The van der Waals surface area contributed by atoms with E-state index in [0.29, 0.717) is 28.7 Å². The van der Waals surface area contributed by atoms with Crippen LogP contribution < -0.4 is 10.6 Å². The number of carboxylic acid groups (broad SMARTS) is 1. The molecule has 38 heavy (non-hydrogen) atoms. The Kier molecular flexibility index (Phi) is 7.19. The summed E-state index contributed by atoms with van der Waals surface area (Å²) in [5.74, 6) is -0.140. The summed E-state index contributed by atoms with van der Waals surface area (Å²) in [5.41, 5.74) is 3.21. The van der Waals surface area contributed by atoms with E-state index in [1.165, 1.54) is 0 Å². The molecular weight excluding hydrogens is 500 g/mol. The molecule has 0 saturated carbocycles.